The molecule has 1 heterocycles. The van der Waals surface area contributed by atoms with Gasteiger partial charge in [-0.05, 0) is 18.1 Å². The van der Waals surface area contributed by atoms with E-state index >= 15 is 0 Å². The standard InChI is InChI=1S/C11H15F2NO2/c1-2-3-9-4-8(6-15)5-11(14-9)16-7-10(12)13/h4-5,10,15H,2-3,6-7H2,1H3. The lowest BCUT2D eigenvalue weighted by Crippen LogP contribution is -2.09. The highest BCUT2D eigenvalue weighted by atomic mass is 19.3. The topological polar surface area (TPSA) is 42.4 Å². The lowest BCUT2D eigenvalue weighted by molar-refractivity contribution is 0.0793. The predicted molar refractivity (Wildman–Crippen MR) is 55.7 cm³/mol. The number of alkyl halides is 2. The van der Waals surface area contributed by atoms with Crippen LogP contribution in [0.3, 0.4) is 0 Å². The van der Waals surface area contributed by atoms with Crippen LogP contribution in [0.15, 0.2) is 12.1 Å². The number of hydrogen-bond acceptors (Lipinski definition) is 3. The van der Waals surface area contributed by atoms with E-state index in [4.69, 9.17) is 9.84 Å². The van der Waals surface area contributed by atoms with Crippen LogP contribution in [-0.2, 0) is 13.0 Å². The number of aliphatic hydroxyl groups is 1. The number of aryl methyl sites for hydroxylation is 1. The minimum atomic E-state index is -2.52. The molecule has 1 N–H and O–H groups in total. The average molecular weight is 231 g/mol. The normalized spacial score (nSPS) is 10.8. The highest BCUT2D eigenvalue weighted by Crippen LogP contribution is 2.14. The van der Waals surface area contributed by atoms with Crippen LogP contribution in [0.25, 0.3) is 0 Å². The third-order valence-corrected chi connectivity index (χ3v) is 1.96. The Morgan fingerprint density at radius 2 is 2.19 bits per heavy atom. The molecule has 0 amide bonds. The molecule has 0 aliphatic heterocycles. The number of aliphatic hydroxyl groups excluding tert-OH is 1. The lowest BCUT2D eigenvalue weighted by Gasteiger charge is -2.08. The maximum Gasteiger partial charge on any atom is 0.272 e. The van der Waals surface area contributed by atoms with E-state index in [0.29, 0.717) is 5.56 Å². The maximum atomic E-state index is 11.9. The van der Waals surface area contributed by atoms with Crippen LogP contribution in [0.2, 0.25) is 0 Å². The van der Waals surface area contributed by atoms with E-state index in [0.717, 1.165) is 18.5 Å². The van der Waals surface area contributed by atoms with Gasteiger partial charge in [-0.2, -0.15) is 0 Å². The Labute approximate surface area is 93.1 Å². The molecule has 3 nitrogen and oxygen atoms in total. The zero-order chi connectivity index (χ0) is 12.0. The third-order valence-electron chi connectivity index (χ3n) is 1.96. The number of ether oxygens (including phenoxy) is 1. The zero-order valence-corrected chi connectivity index (χ0v) is 9.12. The maximum absolute atomic E-state index is 11.9. The van der Waals surface area contributed by atoms with E-state index in [-0.39, 0.29) is 12.5 Å². The van der Waals surface area contributed by atoms with Crippen LogP contribution in [0.4, 0.5) is 8.78 Å². The van der Waals surface area contributed by atoms with E-state index in [1.165, 1.54) is 6.07 Å². The van der Waals surface area contributed by atoms with Crippen molar-refractivity contribution in [3.8, 4) is 5.88 Å². The Morgan fingerprint density at radius 1 is 1.44 bits per heavy atom. The van der Waals surface area contributed by atoms with Crippen molar-refractivity contribution in [1.82, 2.24) is 4.98 Å². The van der Waals surface area contributed by atoms with Crippen molar-refractivity contribution in [3.05, 3.63) is 23.4 Å². The Kier molecular flexibility index (Phi) is 5.11. The monoisotopic (exact) mass is 231 g/mol. The summed E-state index contributed by atoms with van der Waals surface area (Å²) in [5, 5.41) is 9.00. The minimum Gasteiger partial charge on any atom is -0.472 e. The molecule has 1 rings (SSSR count). The molecule has 0 aliphatic carbocycles. The molecule has 0 saturated carbocycles. The quantitative estimate of drug-likeness (QED) is 0.815. The molecule has 16 heavy (non-hydrogen) atoms. The molecule has 0 bridgehead atoms. The summed E-state index contributed by atoms with van der Waals surface area (Å²) in [6, 6.07) is 3.22. The lowest BCUT2D eigenvalue weighted by atomic mass is 10.2. The molecule has 90 valence electrons. The van der Waals surface area contributed by atoms with E-state index in [1.807, 2.05) is 6.92 Å². The molecule has 0 fully saturated rings. The van der Waals surface area contributed by atoms with E-state index in [9.17, 15) is 8.78 Å². The smallest absolute Gasteiger partial charge is 0.272 e. The third kappa shape index (κ3) is 4.10. The van der Waals surface area contributed by atoms with Crippen molar-refractivity contribution in [2.75, 3.05) is 6.61 Å². The number of halogens is 2. The minimum absolute atomic E-state index is 0.148. The highest BCUT2D eigenvalue weighted by Gasteiger charge is 2.07. The van der Waals surface area contributed by atoms with Gasteiger partial charge in [-0.1, -0.05) is 13.3 Å². The van der Waals surface area contributed by atoms with Crippen LogP contribution >= 0.6 is 0 Å². The molecule has 0 unspecified atom stereocenters. The molecule has 0 spiro atoms. The molecule has 0 atom stereocenters. The van der Waals surface area contributed by atoms with E-state index < -0.39 is 13.0 Å². The molecular weight excluding hydrogens is 216 g/mol. The highest BCUT2D eigenvalue weighted by molar-refractivity contribution is 5.24. The van der Waals surface area contributed by atoms with Gasteiger partial charge in [0.15, 0.2) is 6.61 Å². The molecule has 1 aromatic rings. The van der Waals surface area contributed by atoms with Gasteiger partial charge in [0, 0.05) is 11.8 Å². The fourth-order valence-corrected chi connectivity index (χ4v) is 1.32. The summed E-state index contributed by atoms with van der Waals surface area (Å²) in [6.07, 6.45) is -0.885. The first-order valence-corrected chi connectivity index (χ1v) is 5.17. The first-order valence-electron chi connectivity index (χ1n) is 5.17. The van der Waals surface area contributed by atoms with Crippen molar-refractivity contribution >= 4 is 0 Å². The van der Waals surface area contributed by atoms with Gasteiger partial charge < -0.3 is 9.84 Å². The van der Waals surface area contributed by atoms with Gasteiger partial charge >= 0.3 is 0 Å². The Balaban J connectivity index is 2.77. The Bertz CT molecular complexity index is 332. The predicted octanol–water partition coefficient (Wildman–Crippen LogP) is 2.17. The number of rotatable bonds is 6. The van der Waals surface area contributed by atoms with Crippen molar-refractivity contribution in [1.29, 1.82) is 0 Å². The molecule has 0 aromatic carbocycles. The second-order valence-corrected chi connectivity index (χ2v) is 3.42. The van der Waals surface area contributed by atoms with Gasteiger partial charge in [-0.25, -0.2) is 13.8 Å². The van der Waals surface area contributed by atoms with Crippen molar-refractivity contribution in [3.63, 3.8) is 0 Å². The van der Waals surface area contributed by atoms with Crippen molar-refractivity contribution in [2.45, 2.75) is 32.8 Å². The van der Waals surface area contributed by atoms with E-state index in [1.54, 1.807) is 6.07 Å². The van der Waals surface area contributed by atoms with E-state index in [2.05, 4.69) is 4.98 Å². The fourth-order valence-electron chi connectivity index (χ4n) is 1.32. The van der Waals surface area contributed by atoms with Crippen LogP contribution in [0.1, 0.15) is 24.6 Å². The van der Waals surface area contributed by atoms with Crippen molar-refractivity contribution in [2.24, 2.45) is 0 Å². The number of aromatic nitrogens is 1. The van der Waals surface area contributed by atoms with Gasteiger partial charge in [0.25, 0.3) is 6.43 Å². The number of pyridine rings is 1. The Hall–Kier alpha value is -1.23. The Morgan fingerprint density at radius 3 is 2.75 bits per heavy atom. The number of nitrogens with zero attached hydrogens (tertiary/aromatic N) is 1. The first-order chi connectivity index (χ1) is 7.65. The molecule has 1 aromatic heterocycles. The van der Waals surface area contributed by atoms with Gasteiger partial charge in [0.05, 0.1) is 6.61 Å². The zero-order valence-electron chi connectivity index (χ0n) is 9.12. The van der Waals surface area contributed by atoms with Crippen LogP contribution in [-0.4, -0.2) is 23.1 Å². The summed E-state index contributed by atoms with van der Waals surface area (Å²) in [5.74, 6) is 0.148. The van der Waals surface area contributed by atoms with Gasteiger partial charge in [0.2, 0.25) is 5.88 Å². The average Bonchev–Trinajstić information content (AvgIpc) is 2.26. The molecule has 5 heteroatoms. The number of hydrogen-bond donors (Lipinski definition) is 1. The molecule has 0 aliphatic rings. The second-order valence-electron chi connectivity index (χ2n) is 3.42. The summed E-state index contributed by atoms with van der Waals surface area (Å²) in [6.45, 7) is 1.17. The molecular formula is C11H15F2NO2. The summed E-state index contributed by atoms with van der Waals surface area (Å²) < 4.78 is 28.7. The van der Waals surface area contributed by atoms with Crippen LogP contribution < -0.4 is 4.74 Å². The summed E-state index contributed by atoms with van der Waals surface area (Å²) >= 11 is 0. The summed E-state index contributed by atoms with van der Waals surface area (Å²) in [7, 11) is 0. The second kappa shape index (κ2) is 6.37. The van der Waals surface area contributed by atoms with Gasteiger partial charge in [-0.15, -0.1) is 0 Å². The largest absolute Gasteiger partial charge is 0.472 e. The van der Waals surface area contributed by atoms with Gasteiger partial charge in [-0.3, -0.25) is 0 Å². The van der Waals surface area contributed by atoms with Crippen LogP contribution in [0.5, 0.6) is 5.88 Å². The SMILES string of the molecule is CCCc1cc(CO)cc(OCC(F)F)n1. The van der Waals surface area contributed by atoms with Crippen LogP contribution in [0, 0.1) is 0 Å². The fraction of sp³-hybridized carbons (Fsp3) is 0.545. The first kappa shape index (κ1) is 12.8. The molecule has 0 saturated heterocycles. The summed E-state index contributed by atoms with van der Waals surface area (Å²) in [5.41, 5.74) is 1.38. The van der Waals surface area contributed by atoms with Gasteiger partial charge in [0.1, 0.15) is 0 Å². The van der Waals surface area contributed by atoms with Crippen molar-refractivity contribution < 1.29 is 18.6 Å². The summed E-state index contributed by atoms with van der Waals surface area (Å²) in [4.78, 5) is 4.08. The molecule has 0 radical (unpaired) electrons.